The molecule has 26 heavy (non-hydrogen) atoms. The van der Waals surface area contributed by atoms with E-state index < -0.39 is 25.1 Å². The van der Waals surface area contributed by atoms with Gasteiger partial charge in [0, 0.05) is 13.1 Å². The van der Waals surface area contributed by atoms with Gasteiger partial charge in [-0.25, -0.2) is 16.8 Å². The summed E-state index contributed by atoms with van der Waals surface area (Å²) in [5.41, 5.74) is 0. The maximum Gasteiger partial charge on any atom is 0.243 e. The number of sulfone groups is 1. The molecule has 0 atom stereocenters. The minimum atomic E-state index is -3.64. The van der Waals surface area contributed by atoms with Crippen molar-refractivity contribution in [1.29, 1.82) is 0 Å². The molecular weight excluding hydrogens is 378 g/mol. The molecule has 2 aromatic rings. The highest BCUT2D eigenvalue weighted by Crippen LogP contribution is 2.26. The fourth-order valence-electron chi connectivity index (χ4n) is 3.04. The van der Waals surface area contributed by atoms with Crippen molar-refractivity contribution < 1.29 is 26.0 Å². The molecule has 0 aliphatic carbocycles. The Morgan fingerprint density at radius 2 is 1.73 bits per heavy atom. The molecule has 1 aliphatic rings. The van der Waals surface area contributed by atoms with Crippen molar-refractivity contribution in [3.63, 3.8) is 0 Å². The summed E-state index contributed by atoms with van der Waals surface area (Å²) in [5.74, 6) is 0.820. The van der Waals surface area contributed by atoms with Gasteiger partial charge in [0.15, 0.2) is 9.84 Å². The van der Waals surface area contributed by atoms with Crippen LogP contribution in [-0.2, 0) is 25.6 Å². The van der Waals surface area contributed by atoms with Crippen LogP contribution in [-0.4, -0.2) is 46.6 Å². The first-order chi connectivity index (χ1) is 12.3. The lowest BCUT2D eigenvalue weighted by Gasteiger charge is -2.30. The quantitative estimate of drug-likeness (QED) is 0.738. The zero-order valence-corrected chi connectivity index (χ0v) is 16.0. The molecule has 0 spiro atoms. The molecule has 0 bridgehead atoms. The molecule has 0 radical (unpaired) electrons. The molecule has 1 aliphatic heterocycles. The van der Waals surface area contributed by atoms with E-state index in [0.29, 0.717) is 11.5 Å². The van der Waals surface area contributed by atoms with Crippen molar-refractivity contribution in [3.05, 3.63) is 48.4 Å². The van der Waals surface area contributed by atoms with Gasteiger partial charge < -0.3 is 9.15 Å². The monoisotopic (exact) mass is 399 g/mol. The number of rotatable bonds is 6. The van der Waals surface area contributed by atoms with Crippen molar-refractivity contribution in [1.82, 2.24) is 4.31 Å². The molecule has 1 saturated heterocycles. The van der Waals surface area contributed by atoms with Crippen molar-refractivity contribution in [2.24, 2.45) is 0 Å². The predicted molar refractivity (Wildman–Crippen MR) is 96.1 cm³/mol. The fraction of sp³-hybridized carbons (Fsp3) is 0.412. The number of benzene rings is 1. The lowest BCUT2D eigenvalue weighted by Crippen LogP contribution is -2.42. The van der Waals surface area contributed by atoms with E-state index in [2.05, 4.69) is 0 Å². The van der Waals surface area contributed by atoms with Gasteiger partial charge in [0.05, 0.1) is 23.5 Å². The highest BCUT2D eigenvalue weighted by Gasteiger charge is 2.35. The van der Waals surface area contributed by atoms with E-state index in [0.717, 1.165) is 0 Å². The Morgan fingerprint density at radius 1 is 1.08 bits per heavy atom. The molecule has 3 rings (SSSR count). The van der Waals surface area contributed by atoms with Gasteiger partial charge in [0.2, 0.25) is 10.0 Å². The van der Waals surface area contributed by atoms with Crippen LogP contribution < -0.4 is 4.74 Å². The summed E-state index contributed by atoms with van der Waals surface area (Å²) >= 11 is 0. The van der Waals surface area contributed by atoms with Crippen molar-refractivity contribution in [2.75, 3.05) is 20.2 Å². The SMILES string of the molecule is COc1ccc(S(=O)(=O)N2CCC(S(=O)(=O)Cc3ccco3)CC2)cc1. The molecule has 1 fully saturated rings. The number of furan rings is 1. The fourth-order valence-corrected chi connectivity index (χ4v) is 6.23. The molecular formula is C17H21NO6S2. The van der Waals surface area contributed by atoms with Gasteiger partial charge in [-0.15, -0.1) is 0 Å². The molecule has 0 saturated carbocycles. The van der Waals surface area contributed by atoms with E-state index in [4.69, 9.17) is 9.15 Å². The van der Waals surface area contributed by atoms with Gasteiger partial charge >= 0.3 is 0 Å². The minimum absolute atomic E-state index is 0.157. The van der Waals surface area contributed by atoms with E-state index >= 15 is 0 Å². The van der Waals surface area contributed by atoms with Crippen LogP contribution in [0.1, 0.15) is 18.6 Å². The van der Waals surface area contributed by atoms with Crippen LogP contribution in [0.3, 0.4) is 0 Å². The zero-order valence-electron chi connectivity index (χ0n) is 14.4. The van der Waals surface area contributed by atoms with E-state index in [1.54, 1.807) is 24.3 Å². The average molecular weight is 399 g/mol. The zero-order chi connectivity index (χ0) is 18.8. The molecule has 0 N–H and O–H groups in total. The summed E-state index contributed by atoms with van der Waals surface area (Å²) in [7, 11) is -5.51. The third-order valence-electron chi connectivity index (χ3n) is 4.53. The lowest BCUT2D eigenvalue weighted by atomic mass is 10.2. The Morgan fingerprint density at radius 3 is 2.27 bits per heavy atom. The average Bonchev–Trinajstić information content (AvgIpc) is 3.14. The first-order valence-corrected chi connectivity index (χ1v) is 11.4. The number of methoxy groups -OCH3 is 1. The third kappa shape index (κ3) is 3.94. The second kappa shape index (κ2) is 7.42. The van der Waals surface area contributed by atoms with Gasteiger partial charge in [0.1, 0.15) is 17.3 Å². The number of hydrogen-bond acceptors (Lipinski definition) is 6. The van der Waals surface area contributed by atoms with Crippen LogP contribution in [0.25, 0.3) is 0 Å². The highest BCUT2D eigenvalue weighted by molar-refractivity contribution is 7.91. The van der Waals surface area contributed by atoms with Crippen LogP contribution in [0, 0.1) is 0 Å². The maximum atomic E-state index is 12.7. The van der Waals surface area contributed by atoms with Gasteiger partial charge in [-0.1, -0.05) is 0 Å². The number of nitrogens with zero attached hydrogens (tertiary/aromatic N) is 1. The van der Waals surface area contributed by atoms with E-state index in [9.17, 15) is 16.8 Å². The maximum absolute atomic E-state index is 12.7. The van der Waals surface area contributed by atoms with E-state index in [1.807, 2.05) is 0 Å². The molecule has 1 aromatic heterocycles. The van der Waals surface area contributed by atoms with Gasteiger partial charge in [-0.3, -0.25) is 0 Å². The summed E-state index contributed by atoms with van der Waals surface area (Å²) in [4.78, 5) is 0.176. The molecule has 9 heteroatoms. The molecule has 1 aromatic carbocycles. The number of piperidine rings is 1. The second-order valence-electron chi connectivity index (χ2n) is 6.17. The topological polar surface area (TPSA) is 93.9 Å². The van der Waals surface area contributed by atoms with Crippen molar-refractivity contribution in [2.45, 2.75) is 28.7 Å². The van der Waals surface area contributed by atoms with Crippen molar-refractivity contribution >= 4 is 19.9 Å². The number of hydrogen-bond donors (Lipinski definition) is 0. The first-order valence-electron chi connectivity index (χ1n) is 8.21. The normalized spacial score (nSPS) is 17.3. The lowest BCUT2D eigenvalue weighted by molar-refractivity contribution is 0.345. The van der Waals surface area contributed by atoms with Crippen LogP contribution in [0.5, 0.6) is 5.75 Å². The standard InChI is InChI=1S/C17H21NO6S2/c1-23-14-4-6-17(7-5-14)26(21,22)18-10-8-16(9-11-18)25(19,20)13-15-3-2-12-24-15/h2-7,12,16H,8-11,13H2,1H3. The third-order valence-corrected chi connectivity index (χ3v) is 8.62. The molecule has 7 nitrogen and oxygen atoms in total. The summed E-state index contributed by atoms with van der Waals surface area (Å²) in [6.45, 7) is 0.354. The highest BCUT2D eigenvalue weighted by atomic mass is 32.2. The van der Waals surface area contributed by atoms with E-state index in [-0.39, 0.29) is 36.6 Å². The van der Waals surface area contributed by atoms with Gasteiger partial charge in [-0.05, 0) is 49.2 Å². The molecule has 0 amide bonds. The number of ether oxygens (including phenoxy) is 1. The Kier molecular flexibility index (Phi) is 5.40. The number of sulfonamides is 1. The summed E-state index contributed by atoms with van der Waals surface area (Å²) in [5, 5.41) is -0.560. The Hall–Kier alpha value is -1.84. The van der Waals surface area contributed by atoms with Crippen LogP contribution in [0.15, 0.2) is 52.0 Å². The molecule has 2 heterocycles. The van der Waals surface area contributed by atoms with E-state index in [1.165, 1.54) is 29.8 Å². The smallest absolute Gasteiger partial charge is 0.243 e. The van der Waals surface area contributed by atoms with Crippen LogP contribution >= 0.6 is 0 Å². The summed E-state index contributed by atoms with van der Waals surface area (Å²) < 4.78 is 62.0. The van der Waals surface area contributed by atoms with Crippen molar-refractivity contribution in [3.8, 4) is 5.75 Å². The largest absolute Gasteiger partial charge is 0.497 e. The summed E-state index contributed by atoms with van der Waals surface area (Å²) in [6, 6.07) is 9.44. The predicted octanol–water partition coefficient (Wildman–Crippen LogP) is 2.06. The molecule has 142 valence electrons. The van der Waals surface area contributed by atoms with Gasteiger partial charge in [-0.2, -0.15) is 4.31 Å². The second-order valence-corrected chi connectivity index (χ2v) is 10.4. The minimum Gasteiger partial charge on any atom is -0.497 e. The first kappa shape index (κ1) is 18.9. The Bertz CT molecular complexity index is 926. The molecule has 0 unspecified atom stereocenters. The van der Waals surface area contributed by atoms with Crippen LogP contribution in [0.2, 0.25) is 0 Å². The Labute approximate surface area is 153 Å². The van der Waals surface area contributed by atoms with Crippen LogP contribution in [0.4, 0.5) is 0 Å². The van der Waals surface area contributed by atoms with Gasteiger partial charge in [0.25, 0.3) is 0 Å². The summed E-state index contributed by atoms with van der Waals surface area (Å²) in [6.07, 6.45) is 1.99. The Balaban J connectivity index is 1.67.